The van der Waals surface area contributed by atoms with Crippen LogP contribution in [-0.2, 0) is 4.79 Å². The minimum Gasteiger partial charge on any atom is -0.342 e. The van der Waals surface area contributed by atoms with Gasteiger partial charge in [0.05, 0.1) is 17.4 Å². The molecule has 2 heterocycles. The number of halogens is 1. The van der Waals surface area contributed by atoms with Gasteiger partial charge in [-0.2, -0.15) is 0 Å². The van der Waals surface area contributed by atoms with Crippen molar-refractivity contribution in [1.29, 1.82) is 0 Å². The van der Waals surface area contributed by atoms with Crippen molar-refractivity contribution in [3.8, 4) is 0 Å². The minimum atomic E-state index is -0.328. The smallest absolute Gasteiger partial charge is 0.227 e. The van der Waals surface area contributed by atoms with E-state index in [1.807, 2.05) is 32.7 Å². The molecule has 1 aromatic heterocycles. The molecule has 2 rings (SSSR count). The van der Waals surface area contributed by atoms with E-state index in [9.17, 15) is 4.79 Å². The van der Waals surface area contributed by atoms with E-state index >= 15 is 0 Å². The maximum atomic E-state index is 12.3. The van der Waals surface area contributed by atoms with Crippen molar-refractivity contribution >= 4 is 23.5 Å². The Kier molecular flexibility index (Phi) is 4.71. The lowest BCUT2D eigenvalue weighted by atomic mass is 9.93. The summed E-state index contributed by atoms with van der Waals surface area (Å²) in [6.45, 7) is 7.59. The van der Waals surface area contributed by atoms with Gasteiger partial charge < -0.3 is 9.80 Å². The molecule has 0 radical (unpaired) electrons. The van der Waals surface area contributed by atoms with Crippen LogP contribution in [0, 0.1) is 5.41 Å². The van der Waals surface area contributed by atoms with E-state index in [0.717, 1.165) is 25.9 Å². The summed E-state index contributed by atoms with van der Waals surface area (Å²) in [5.74, 6) is 0.909. The third kappa shape index (κ3) is 3.84. The molecule has 5 nitrogen and oxygen atoms in total. The topological polar surface area (TPSA) is 49.3 Å². The Hall–Kier alpha value is -1.36. The minimum absolute atomic E-state index is 0.198. The summed E-state index contributed by atoms with van der Waals surface area (Å²) in [5.41, 5.74) is -0.328. The fraction of sp³-hybridized carbons (Fsp3) is 0.667. The van der Waals surface area contributed by atoms with Crippen LogP contribution < -0.4 is 4.90 Å². The number of piperidine rings is 1. The largest absolute Gasteiger partial charge is 0.342 e. The second-order valence-corrected chi connectivity index (χ2v) is 7.02. The van der Waals surface area contributed by atoms with Gasteiger partial charge in [0.25, 0.3) is 0 Å². The fourth-order valence-electron chi connectivity index (χ4n) is 2.62. The van der Waals surface area contributed by atoms with Crippen molar-refractivity contribution < 1.29 is 4.79 Å². The van der Waals surface area contributed by atoms with Crippen molar-refractivity contribution in [3.05, 3.63) is 17.4 Å². The summed E-state index contributed by atoms with van der Waals surface area (Å²) in [6.07, 6.45) is 5.10. The first-order valence-corrected chi connectivity index (χ1v) is 7.66. The van der Waals surface area contributed by atoms with Crippen LogP contribution in [0.3, 0.4) is 0 Å². The summed E-state index contributed by atoms with van der Waals surface area (Å²) >= 11 is 5.81. The third-order valence-electron chi connectivity index (χ3n) is 3.86. The van der Waals surface area contributed by atoms with E-state index in [1.165, 1.54) is 0 Å². The Morgan fingerprint density at radius 2 is 1.81 bits per heavy atom. The molecule has 1 aromatic rings. The highest BCUT2D eigenvalue weighted by Gasteiger charge is 2.31. The first kappa shape index (κ1) is 16.0. The molecule has 21 heavy (non-hydrogen) atoms. The number of nitrogens with zero attached hydrogens (tertiary/aromatic N) is 4. The molecule has 1 aliphatic heterocycles. The zero-order valence-corrected chi connectivity index (χ0v) is 13.9. The summed E-state index contributed by atoms with van der Waals surface area (Å²) in [5, 5.41) is 0.546. The summed E-state index contributed by atoms with van der Waals surface area (Å²) in [6, 6.07) is 0.292. The molecule has 0 spiro atoms. The number of carbonyl (C=O) groups is 1. The average Bonchev–Trinajstić information content (AvgIpc) is 2.46. The Balaban J connectivity index is 1.94. The van der Waals surface area contributed by atoms with E-state index < -0.39 is 0 Å². The maximum Gasteiger partial charge on any atom is 0.227 e. The molecule has 0 unspecified atom stereocenters. The first-order chi connectivity index (χ1) is 9.79. The Morgan fingerprint density at radius 1 is 1.29 bits per heavy atom. The number of anilines is 1. The maximum absolute atomic E-state index is 12.3. The highest BCUT2D eigenvalue weighted by atomic mass is 35.5. The number of hydrogen-bond acceptors (Lipinski definition) is 4. The lowest BCUT2D eigenvalue weighted by Gasteiger charge is -2.38. The molecule has 0 atom stereocenters. The van der Waals surface area contributed by atoms with Crippen molar-refractivity contribution in [1.82, 2.24) is 14.9 Å². The average molecular weight is 311 g/mol. The van der Waals surface area contributed by atoms with E-state index in [-0.39, 0.29) is 11.3 Å². The number of carbonyl (C=O) groups excluding carboxylic acids is 1. The Bertz CT molecular complexity index is 489. The molecule has 0 bridgehead atoms. The lowest BCUT2D eigenvalue weighted by Crippen LogP contribution is -2.49. The van der Waals surface area contributed by atoms with Crippen LogP contribution in [0.25, 0.3) is 0 Å². The van der Waals surface area contributed by atoms with Crippen LogP contribution in [0.2, 0.25) is 5.02 Å². The van der Waals surface area contributed by atoms with Gasteiger partial charge in [0.1, 0.15) is 0 Å². The van der Waals surface area contributed by atoms with Crippen molar-refractivity contribution in [2.75, 3.05) is 25.0 Å². The molecule has 1 aliphatic rings. The van der Waals surface area contributed by atoms with Crippen molar-refractivity contribution in [3.63, 3.8) is 0 Å². The Morgan fingerprint density at radius 3 is 2.29 bits per heavy atom. The number of rotatable bonds is 2. The van der Waals surface area contributed by atoms with Crippen LogP contribution in [0.4, 0.5) is 5.95 Å². The van der Waals surface area contributed by atoms with Gasteiger partial charge in [-0.15, -0.1) is 0 Å². The molecular formula is C15H23ClN4O. The summed E-state index contributed by atoms with van der Waals surface area (Å²) in [4.78, 5) is 24.9. The lowest BCUT2D eigenvalue weighted by molar-refractivity contribution is -0.140. The number of aromatic nitrogens is 2. The Labute approximate surface area is 131 Å². The second-order valence-electron chi connectivity index (χ2n) is 6.59. The molecule has 1 fully saturated rings. The van der Waals surface area contributed by atoms with Gasteiger partial charge in [0.2, 0.25) is 11.9 Å². The molecule has 1 saturated heterocycles. The molecule has 0 saturated carbocycles. The van der Waals surface area contributed by atoms with Crippen LogP contribution >= 0.6 is 11.6 Å². The van der Waals surface area contributed by atoms with E-state index in [2.05, 4.69) is 14.9 Å². The number of amides is 1. The van der Waals surface area contributed by atoms with Gasteiger partial charge >= 0.3 is 0 Å². The normalized spacial score (nSPS) is 16.9. The van der Waals surface area contributed by atoms with Crippen LogP contribution in [-0.4, -0.2) is 47.0 Å². The van der Waals surface area contributed by atoms with Gasteiger partial charge in [-0.3, -0.25) is 4.79 Å². The van der Waals surface area contributed by atoms with E-state index in [1.54, 1.807) is 12.4 Å². The predicted octanol–water partition coefficient (Wildman–Crippen LogP) is 2.60. The third-order valence-corrected chi connectivity index (χ3v) is 4.06. The van der Waals surface area contributed by atoms with Crippen LogP contribution in [0.5, 0.6) is 0 Å². The van der Waals surface area contributed by atoms with Crippen LogP contribution in [0.15, 0.2) is 12.4 Å². The van der Waals surface area contributed by atoms with Gasteiger partial charge in [-0.25, -0.2) is 9.97 Å². The van der Waals surface area contributed by atoms with Crippen molar-refractivity contribution in [2.45, 2.75) is 39.7 Å². The monoisotopic (exact) mass is 310 g/mol. The highest BCUT2D eigenvalue weighted by molar-refractivity contribution is 6.30. The van der Waals surface area contributed by atoms with Crippen molar-refractivity contribution in [2.24, 2.45) is 5.41 Å². The fourth-order valence-corrected chi connectivity index (χ4v) is 2.71. The zero-order valence-electron chi connectivity index (χ0n) is 13.1. The standard InChI is InChI=1S/C15H23ClN4O/c1-15(2,3)13(21)19(4)12-5-7-20(8-6-12)14-17-9-11(16)10-18-14/h9-10,12H,5-8H2,1-4H3. The molecular weight excluding hydrogens is 288 g/mol. The van der Waals surface area contributed by atoms with Gasteiger partial charge in [-0.05, 0) is 12.8 Å². The first-order valence-electron chi connectivity index (χ1n) is 7.29. The van der Waals surface area contributed by atoms with Crippen LogP contribution in [0.1, 0.15) is 33.6 Å². The molecule has 0 aliphatic carbocycles. The van der Waals surface area contributed by atoms with Gasteiger partial charge in [0, 0.05) is 31.6 Å². The quantitative estimate of drug-likeness (QED) is 0.842. The zero-order chi connectivity index (χ0) is 15.6. The number of hydrogen-bond donors (Lipinski definition) is 0. The van der Waals surface area contributed by atoms with Gasteiger partial charge in [-0.1, -0.05) is 32.4 Å². The SMILES string of the molecule is CN(C(=O)C(C)(C)C)C1CCN(c2ncc(Cl)cn2)CC1. The summed E-state index contributed by atoms with van der Waals surface area (Å²) in [7, 11) is 1.91. The highest BCUT2D eigenvalue weighted by Crippen LogP contribution is 2.24. The van der Waals surface area contributed by atoms with Gasteiger partial charge in [0.15, 0.2) is 0 Å². The van der Waals surface area contributed by atoms with E-state index in [0.29, 0.717) is 17.0 Å². The summed E-state index contributed by atoms with van der Waals surface area (Å²) < 4.78 is 0. The molecule has 1 amide bonds. The second kappa shape index (κ2) is 6.18. The van der Waals surface area contributed by atoms with E-state index in [4.69, 9.17) is 11.6 Å². The molecule has 116 valence electrons. The molecule has 6 heteroatoms. The predicted molar refractivity (Wildman–Crippen MR) is 84.5 cm³/mol. The molecule has 0 aromatic carbocycles. The molecule has 0 N–H and O–H groups in total.